The van der Waals surface area contributed by atoms with E-state index < -0.39 is 0 Å². The highest BCUT2D eigenvalue weighted by molar-refractivity contribution is 5.91. The van der Waals surface area contributed by atoms with Gasteiger partial charge in [0.05, 0.1) is 7.11 Å². The number of ketones is 3. The Morgan fingerprint density at radius 1 is 1.06 bits per heavy atom. The summed E-state index contributed by atoms with van der Waals surface area (Å²) in [6.07, 6.45) is 6.25. The second kappa shape index (κ2) is 8.36. The van der Waals surface area contributed by atoms with Gasteiger partial charge in [0, 0.05) is 43.4 Å². The van der Waals surface area contributed by atoms with E-state index in [2.05, 4.69) is 27.7 Å². The molecular formula is C27H40O5. The maximum absolute atomic E-state index is 13.9. The van der Waals surface area contributed by atoms with Crippen LogP contribution in [-0.4, -0.2) is 30.4 Å². The van der Waals surface area contributed by atoms with Crippen molar-refractivity contribution in [3.8, 4) is 0 Å². The van der Waals surface area contributed by atoms with E-state index in [1.165, 1.54) is 7.11 Å². The van der Waals surface area contributed by atoms with Crippen LogP contribution in [0.1, 0.15) is 85.5 Å². The lowest BCUT2D eigenvalue weighted by Gasteiger charge is -2.61. The van der Waals surface area contributed by atoms with E-state index in [0.29, 0.717) is 43.7 Å². The molecule has 5 nitrogen and oxygen atoms in total. The Bertz CT molecular complexity index is 817. The predicted molar refractivity (Wildman–Crippen MR) is 121 cm³/mol. The van der Waals surface area contributed by atoms with Gasteiger partial charge in [0.1, 0.15) is 17.3 Å². The van der Waals surface area contributed by atoms with Gasteiger partial charge in [-0.1, -0.05) is 27.7 Å². The third-order valence-electron chi connectivity index (χ3n) is 10.5. The maximum atomic E-state index is 13.9. The summed E-state index contributed by atoms with van der Waals surface area (Å²) in [6.45, 7) is 8.76. The molecule has 0 bridgehead atoms. The van der Waals surface area contributed by atoms with Crippen LogP contribution in [0.4, 0.5) is 0 Å². The number of Topliss-reactive ketones (excluding diaryl/α,β-unsaturated/α-hetero) is 3. The Morgan fingerprint density at radius 2 is 1.78 bits per heavy atom. The molecular weight excluding hydrogens is 404 g/mol. The zero-order chi connectivity index (χ0) is 23.4. The number of carbonyl (C=O) groups excluding carboxylic acids is 4. The quantitative estimate of drug-likeness (QED) is 0.569. The van der Waals surface area contributed by atoms with Gasteiger partial charge >= 0.3 is 5.97 Å². The Morgan fingerprint density at radius 3 is 2.44 bits per heavy atom. The fourth-order valence-corrected chi connectivity index (χ4v) is 8.87. The lowest BCUT2D eigenvalue weighted by molar-refractivity contribution is -0.170. The minimum Gasteiger partial charge on any atom is -0.469 e. The molecule has 1 unspecified atom stereocenters. The van der Waals surface area contributed by atoms with Gasteiger partial charge < -0.3 is 4.74 Å². The summed E-state index contributed by atoms with van der Waals surface area (Å²) in [5.74, 6) is 1.13. The fourth-order valence-electron chi connectivity index (χ4n) is 8.87. The smallest absolute Gasteiger partial charge is 0.305 e. The molecule has 0 aromatic rings. The van der Waals surface area contributed by atoms with Crippen molar-refractivity contribution in [1.82, 2.24) is 0 Å². The molecule has 9 atom stereocenters. The largest absolute Gasteiger partial charge is 0.469 e. The van der Waals surface area contributed by atoms with Gasteiger partial charge in [-0.3, -0.25) is 19.2 Å². The minimum absolute atomic E-state index is 0.0200. The Labute approximate surface area is 192 Å². The molecule has 4 aliphatic carbocycles. The Kier molecular flexibility index (Phi) is 6.17. The van der Waals surface area contributed by atoms with Crippen LogP contribution >= 0.6 is 0 Å². The summed E-state index contributed by atoms with van der Waals surface area (Å²) in [5, 5.41) is 0. The minimum atomic E-state index is -0.230. The van der Waals surface area contributed by atoms with Crippen LogP contribution < -0.4 is 0 Å². The summed E-state index contributed by atoms with van der Waals surface area (Å²) in [6, 6.07) is 0. The number of esters is 1. The van der Waals surface area contributed by atoms with Gasteiger partial charge in [-0.25, -0.2) is 0 Å². The Hall–Kier alpha value is -1.52. The predicted octanol–water partition coefficient (Wildman–Crippen LogP) is 4.80. The van der Waals surface area contributed by atoms with Crippen molar-refractivity contribution in [2.45, 2.75) is 85.5 Å². The molecule has 0 N–H and O–H groups in total. The highest BCUT2D eigenvalue weighted by atomic mass is 16.5. The van der Waals surface area contributed by atoms with Gasteiger partial charge in [-0.15, -0.1) is 0 Å². The zero-order valence-corrected chi connectivity index (χ0v) is 20.4. The van der Waals surface area contributed by atoms with Crippen molar-refractivity contribution in [3.63, 3.8) is 0 Å². The molecule has 0 saturated heterocycles. The first-order valence-electron chi connectivity index (χ1n) is 12.7. The first kappa shape index (κ1) is 23.6. The van der Waals surface area contributed by atoms with Gasteiger partial charge in [0.2, 0.25) is 0 Å². The molecule has 0 spiro atoms. The van der Waals surface area contributed by atoms with Crippen LogP contribution in [-0.2, 0) is 23.9 Å². The first-order chi connectivity index (χ1) is 15.1. The summed E-state index contributed by atoms with van der Waals surface area (Å²) in [5.41, 5.74) is -0.165. The van der Waals surface area contributed by atoms with E-state index in [1.54, 1.807) is 0 Å². The zero-order valence-electron chi connectivity index (χ0n) is 20.4. The molecule has 0 heterocycles. The van der Waals surface area contributed by atoms with Gasteiger partial charge in [0.15, 0.2) is 0 Å². The van der Waals surface area contributed by atoms with E-state index in [-0.39, 0.29) is 64.0 Å². The SMILES string of the molecule is CCC1C(=O)[C@@H]2[C@H](CC[C@]3(C)[C@@H]([C@H](C)CCC(=O)OC)C(=O)C[C@@H]23)[C@@]2(C)CCC(=O)C[C@@H]12. The maximum Gasteiger partial charge on any atom is 0.305 e. The average Bonchev–Trinajstić information content (AvgIpc) is 3.03. The third kappa shape index (κ3) is 3.40. The lowest BCUT2D eigenvalue weighted by Crippen LogP contribution is -2.60. The van der Waals surface area contributed by atoms with Crippen LogP contribution in [0.15, 0.2) is 0 Å². The number of methoxy groups -OCH3 is 1. The van der Waals surface area contributed by atoms with E-state index in [9.17, 15) is 19.2 Å². The van der Waals surface area contributed by atoms with Crippen molar-refractivity contribution in [3.05, 3.63) is 0 Å². The average molecular weight is 445 g/mol. The molecule has 0 aliphatic heterocycles. The molecule has 0 radical (unpaired) electrons. The molecule has 32 heavy (non-hydrogen) atoms. The number of hydrogen-bond acceptors (Lipinski definition) is 5. The highest BCUT2D eigenvalue weighted by Crippen LogP contribution is 2.67. The number of hydrogen-bond donors (Lipinski definition) is 0. The van der Waals surface area contributed by atoms with E-state index in [0.717, 1.165) is 25.7 Å². The van der Waals surface area contributed by atoms with Crippen LogP contribution in [0.3, 0.4) is 0 Å². The van der Waals surface area contributed by atoms with Gasteiger partial charge in [0.25, 0.3) is 0 Å². The molecule has 0 amide bonds. The fraction of sp³-hybridized carbons (Fsp3) is 0.852. The standard InChI is InChI=1S/C27H40O5/c1-6-17-19-13-16(28)9-11-26(19,3)18-10-12-27(4)20(23(18)25(17)31)14-21(29)24(27)15(2)7-8-22(30)32-5/h15,17-20,23-24H,6-14H2,1-5H3/t15-,17?,18+,19+,20+,23-,24+,26-,27+/m1/s1. The lowest BCUT2D eigenvalue weighted by atomic mass is 9.42. The Balaban J connectivity index is 1.65. The van der Waals surface area contributed by atoms with E-state index >= 15 is 0 Å². The second-order valence-corrected chi connectivity index (χ2v) is 11.8. The first-order valence-corrected chi connectivity index (χ1v) is 12.7. The monoisotopic (exact) mass is 444 g/mol. The second-order valence-electron chi connectivity index (χ2n) is 11.8. The molecule has 4 aliphatic rings. The third-order valence-corrected chi connectivity index (χ3v) is 10.5. The number of rotatable bonds is 5. The van der Waals surface area contributed by atoms with Crippen LogP contribution in [0.25, 0.3) is 0 Å². The van der Waals surface area contributed by atoms with Crippen molar-refractivity contribution in [1.29, 1.82) is 0 Å². The van der Waals surface area contributed by atoms with Crippen molar-refractivity contribution >= 4 is 23.3 Å². The van der Waals surface area contributed by atoms with Gasteiger partial charge in [-0.05, 0) is 66.6 Å². The van der Waals surface area contributed by atoms with Crippen LogP contribution in [0.2, 0.25) is 0 Å². The summed E-state index contributed by atoms with van der Waals surface area (Å²) >= 11 is 0. The van der Waals surface area contributed by atoms with Crippen molar-refractivity contribution in [2.24, 2.45) is 52.3 Å². The molecule has 0 aromatic heterocycles. The molecule has 0 aromatic carbocycles. The molecule has 4 fully saturated rings. The van der Waals surface area contributed by atoms with E-state index in [1.807, 2.05) is 0 Å². The molecule has 4 rings (SSSR count). The normalized spacial score (nSPS) is 44.5. The van der Waals surface area contributed by atoms with Gasteiger partial charge in [-0.2, -0.15) is 0 Å². The topological polar surface area (TPSA) is 77.5 Å². The van der Waals surface area contributed by atoms with Crippen LogP contribution in [0, 0.1) is 52.3 Å². The molecule has 178 valence electrons. The molecule has 5 heteroatoms. The number of carbonyl (C=O) groups is 4. The van der Waals surface area contributed by atoms with Crippen molar-refractivity contribution in [2.75, 3.05) is 7.11 Å². The summed E-state index contributed by atoms with van der Waals surface area (Å²) < 4.78 is 4.81. The highest BCUT2D eigenvalue weighted by Gasteiger charge is 2.66. The summed E-state index contributed by atoms with van der Waals surface area (Å²) in [4.78, 5) is 51.3. The van der Waals surface area contributed by atoms with E-state index in [4.69, 9.17) is 4.74 Å². The van der Waals surface area contributed by atoms with Crippen LogP contribution in [0.5, 0.6) is 0 Å². The summed E-state index contributed by atoms with van der Waals surface area (Å²) in [7, 11) is 1.40. The van der Waals surface area contributed by atoms with Crippen molar-refractivity contribution < 1.29 is 23.9 Å². The number of fused-ring (bicyclic) bond motifs is 5. The number of ether oxygens (including phenoxy) is 1. The molecule has 4 saturated carbocycles.